The van der Waals surface area contributed by atoms with Gasteiger partial charge in [-0.15, -0.1) is 0 Å². The highest BCUT2D eigenvalue weighted by molar-refractivity contribution is 5.12. The summed E-state index contributed by atoms with van der Waals surface area (Å²) in [5.41, 5.74) is -4.57. The van der Waals surface area contributed by atoms with Crippen LogP contribution < -0.4 is 0 Å². The number of alkyl halides is 6. The van der Waals surface area contributed by atoms with Gasteiger partial charge >= 0.3 is 12.4 Å². The normalized spacial score (nSPS) is 45.8. The lowest BCUT2D eigenvalue weighted by Crippen LogP contribution is -2.58. The molecule has 6 unspecified atom stereocenters. The molecule has 4 fully saturated rings. The first-order valence-corrected chi connectivity index (χ1v) is 8.39. The van der Waals surface area contributed by atoms with Crippen LogP contribution in [-0.2, 0) is 0 Å². The molecule has 0 spiro atoms. The van der Waals surface area contributed by atoms with Gasteiger partial charge in [0.1, 0.15) is 0 Å². The zero-order chi connectivity index (χ0) is 16.8. The Kier molecular flexibility index (Phi) is 3.19. The van der Waals surface area contributed by atoms with Crippen LogP contribution in [0.25, 0.3) is 0 Å². The van der Waals surface area contributed by atoms with E-state index in [1.807, 2.05) is 0 Å². The van der Waals surface area contributed by atoms with Gasteiger partial charge in [-0.05, 0) is 80.0 Å². The monoisotopic (exact) mass is 342 g/mol. The lowest BCUT2D eigenvalue weighted by atomic mass is 9.65. The summed E-state index contributed by atoms with van der Waals surface area (Å²) in [6, 6.07) is 0. The zero-order valence-electron chi connectivity index (χ0n) is 12.5. The van der Waals surface area contributed by atoms with Gasteiger partial charge in [-0.25, -0.2) is 0 Å². The minimum absolute atomic E-state index is 0.0588. The fraction of sp³-hybridized carbons (Fsp3) is 1.00. The molecule has 4 aliphatic rings. The molecular formula is C16H20F6O. The molecule has 4 aliphatic carbocycles. The third-order valence-electron chi connectivity index (χ3n) is 7.37. The maximum absolute atomic E-state index is 12.9. The molecule has 0 saturated heterocycles. The molecule has 4 saturated carbocycles. The second-order valence-corrected chi connectivity index (χ2v) is 8.20. The molecule has 0 aromatic rings. The van der Waals surface area contributed by atoms with E-state index in [9.17, 15) is 31.4 Å². The maximum atomic E-state index is 12.9. The number of fused-ring (bicyclic) bond motifs is 9. The molecule has 0 aliphatic heterocycles. The van der Waals surface area contributed by atoms with Crippen LogP contribution in [0, 0.1) is 41.4 Å². The molecule has 4 bridgehead atoms. The van der Waals surface area contributed by atoms with Crippen molar-refractivity contribution < 1.29 is 31.4 Å². The van der Waals surface area contributed by atoms with E-state index in [2.05, 4.69) is 0 Å². The highest BCUT2D eigenvalue weighted by Crippen LogP contribution is 2.70. The van der Waals surface area contributed by atoms with Crippen molar-refractivity contribution in [1.29, 1.82) is 0 Å². The van der Waals surface area contributed by atoms with Crippen molar-refractivity contribution in [3.8, 4) is 0 Å². The van der Waals surface area contributed by atoms with E-state index in [4.69, 9.17) is 0 Å². The number of hydrogen-bond donors (Lipinski definition) is 1. The Morgan fingerprint density at radius 1 is 0.739 bits per heavy atom. The van der Waals surface area contributed by atoms with Crippen LogP contribution in [0.5, 0.6) is 0 Å². The summed E-state index contributed by atoms with van der Waals surface area (Å²) in [7, 11) is 0. The van der Waals surface area contributed by atoms with Crippen molar-refractivity contribution in [2.75, 3.05) is 0 Å². The number of rotatable bonds is 2. The third-order valence-corrected chi connectivity index (χ3v) is 7.37. The Morgan fingerprint density at radius 3 is 1.87 bits per heavy atom. The van der Waals surface area contributed by atoms with E-state index in [-0.39, 0.29) is 11.8 Å². The molecule has 0 aromatic carbocycles. The number of halogens is 6. The summed E-state index contributed by atoms with van der Waals surface area (Å²) in [5.74, 6) is 1.53. The highest BCUT2D eigenvalue weighted by atomic mass is 19.4. The molecule has 0 aromatic heterocycles. The minimum atomic E-state index is -5.68. The Morgan fingerprint density at radius 2 is 1.30 bits per heavy atom. The average Bonchev–Trinajstić information content (AvgIpc) is 3.14. The molecule has 0 heterocycles. The van der Waals surface area contributed by atoms with Gasteiger partial charge in [0.25, 0.3) is 5.60 Å². The molecule has 132 valence electrons. The van der Waals surface area contributed by atoms with Crippen molar-refractivity contribution in [1.82, 2.24) is 0 Å². The lowest BCUT2D eigenvalue weighted by Gasteiger charge is -2.42. The van der Waals surface area contributed by atoms with Crippen LogP contribution in [0.4, 0.5) is 26.3 Å². The zero-order valence-corrected chi connectivity index (χ0v) is 12.5. The summed E-state index contributed by atoms with van der Waals surface area (Å²) >= 11 is 0. The van der Waals surface area contributed by atoms with E-state index in [0.29, 0.717) is 30.1 Å². The SMILES string of the molecule is OC(CC1CC2CC1[C@H]1C3CCC(C3)C21)(C(F)(F)F)C(F)(F)F. The van der Waals surface area contributed by atoms with Gasteiger partial charge < -0.3 is 5.11 Å². The fourth-order valence-electron chi connectivity index (χ4n) is 6.71. The van der Waals surface area contributed by atoms with Crippen LogP contribution in [0.3, 0.4) is 0 Å². The van der Waals surface area contributed by atoms with Gasteiger partial charge in [0.2, 0.25) is 0 Å². The van der Waals surface area contributed by atoms with Crippen molar-refractivity contribution in [3.63, 3.8) is 0 Å². The largest absolute Gasteiger partial charge is 0.426 e. The van der Waals surface area contributed by atoms with Crippen molar-refractivity contribution in [2.24, 2.45) is 41.4 Å². The maximum Gasteiger partial charge on any atom is 0.426 e. The van der Waals surface area contributed by atoms with Crippen LogP contribution >= 0.6 is 0 Å². The molecule has 4 rings (SSSR count). The Hall–Kier alpha value is -0.460. The van der Waals surface area contributed by atoms with E-state index in [1.165, 1.54) is 6.42 Å². The van der Waals surface area contributed by atoms with E-state index < -0.39 is 30.3 Å². The highest BCUT2D eigenvalue weighted by Gasteiger charge is 2.72. The Labute approximate surface area is 130 Å². The smallest absolute Gasteiger partial charge is 0.374 e. The average molecular weight is 342 g/mol. The van der Waals surface area contributed by atoms with Crippen LogP contribution in [-0.4, -0.2) is 23.1 Å². The first-order chi connectivity index (χ1) is 10.5. The summed E-state index contributed by atoms with van der Waals surface area (Å²) < 4.78 is 77.7. The van der Waals surface area contributed by atoms with Crippen LogP contribution in [0.2, 0.25) is 0 Å². The van der Waals surface area contributed by atoms with E-state index in [1.54, 1.807) is 0 Å². The molecule has 0 radical (unpaired) electrons. The van der Waals surface area contributed by atoms with Crippen LogP contribution in [0.1, 0.15) is 38.5 Å². The van der Waals surface area contributed by atoms with Gasteiger partial charge in [-0.1, -0.05) is 0 Å². The van der Waals surface area contributed by atoms with Gasteiger partial charge in [0.15, 0.2) is 0 Å². The van der Waals surface area contributed by atoms with Gasteiger partial charge in [0.05, 0.1) is 0 Å². The molecule has 1 N–H and O–H groups in total. The molecule has 7 atom stereocenters. The fourth-order valence-corrected chi connectivity index (χ4v) is 6.71. The van der Waals surface area contributed by atoms with Crippen LogP contribution in [0.15, 0.2) is 0 Å². The van der Waals surface area contributed by atoms with Gasteiger partial charge in [-0.3, -0.25) is 0 Å². The summed E-state index contributed by atoms with van der Waals surface area (Å²) in [6.07, 6.45) is -8.04. The Bertz CT molecular complexity index is 484. The van der Waals surface area contributed by atoms with Crippen molar-refractivity contribution in [3.05, 3.63) is 0 Å². The second kappa shape index (κ2) is 4.58. The van der Waals surface area contributed by atoms with Gasteiger partial charge in [0, 0.05) is 0 Å². The van der Waals surface area contributed by atoms with Crippen molar-refractivity contribution >= 4 is 0 Å². The summed E-state index contributed by atoms with van der Waals surface area (Å²) in [6.45, 7) is 0. The van der Waals surface area contributed by atoms with E-state index >= 15 is 0 Å². The van der Waals surface area contributed by atoms with E-state index in [0.717, 1.165) is 19.3 Å². The first kappa shape index (κ1) is 16.0. The minimum Gasteiger partial charge on any atom is -0.374 e. The molecule has 23 heavy (non-hydrogen) atoms. The third kappa shape index (κ3) is 2.04. The molecule has 1 nitrogen and oxygen atoms in total. The first-order valence-electron chi connectivity index (χ1n) is 8.39. The summed E-state index contributed by atoms with van der Waals surface area (Å²) in [4.78, 5) is 0. The summed E-state index contributed by atoms with van der Waals surface area (Å²) in [5, 5.41) is 9.50. The second-order valence-electron chi connectivity index (χ2n) is 8.20. The number of hydrogen-bond acceptors (Lipinski definition) is 1. The molecule has 7 heteroatoms. The Balaban J connectivity index is 1.56. The van der Waals surface area contributed by atoms with Crippen molar-refractivity contribution in [2.45, 2.75) is 56.5 Å². The predicted octanol–water partition coefficient (Wildman–Crippen LogP) is 4.55. The lowest BCUT2D eigenvalue weighted by molar-refractivity contribution is -0.373. The van der Waals surface area contributed by atoms with Gasteiger partial charge in [-0.2, -0.15) is 26.3 Å². The topological polar surface area (TPSA) is 20.2 Å². The number of aliphatic hydroxyl groups is 1. The molecule has 0 amide bonds. The predicted molar refractivity (Wildman–Crippen MR) is 69.2 cm³/mol. The quantitative estimate of drug-likeness (QED) is 0.577. The standard InChI is InChI=1S/C16H20F6O/c17-15(18,19)14(23,16(20,21)22)6-10-4-9-5-11(10)13-8-2-1-7(3-8)12(9)13/h7-13,23H,1-6H2/t7?,8?,9?,10?,11?,12?,13-/m1/s1. The molecular weight excluding hydrogens is 322 g/mol.